The molecule has 0 saturated heterocycles. The molecule has 27 heavy (non-hydrogen) atoms. The van der Waals surface area contributed by atoms with Crippen molar-refractivity contribution in [1.82, 2.24) is 0 Å². The summed E-state index contributed by atoms with van der Waals surface area (Å²) >= 11 is 0. The minimum absolute atomic E-state index is 0.244. The van der Waals surface area contributed by atoms with Crippen LogP contribution in [0.1, 0.15) is 41.5 Å². The lowest BCUT2D eigenvalue weighted by molar-refractivity contribution is -0.123. The van der Waals surface area contributed by atoms with Gasteiger partial charge in [0.25, 0.3) is 10.1 Å². The monoisotopic (exact) mass is 437 g/mol. The molecule has 1 aromatic carbocycles. The predicted molar refractivity (Wildman–Crippen MR) is 113 cm³/mol. The lowest BCUT2D eigenvalue weighted by atomic mass is 9.95. The largest absolute Gasteiger partial charge is 0.479 e. The molecule has 0 aromatic heterocycles. The normalized spacial score (nSPS) is 15.1. The van der Waals surface area contributed by atoms with Gasteiger partial charge >= 0.3 is 0 Å². The summed E-state index contributed by atoms with van der Waals surface area (Å²) < 4.78 is 47.4. The molecule has 0 bridgehead atoms. The van der Waals surface area contributed by atoms with Crippen LogP contribution in [0.4, 0.5) is 5.69 Å². The number of anilines is 1. The van der Waals surface area contributed by atoms with E-state index in [1.54, 1.807) is 59.7 Å². The van der Waals surface area contributed by atoms with Crippen molar-refractivity contribution in [1.29, 1.82) is 0 Å². The molecule has 0 heterocycles. The number of rotatable bonds is 6. The molecule has 0 fully saturated rings. The molecule has 0 aliphatic rings. The van der Waals surface area contributed by atoms with Crippen LogP contribution in [0.2, 0.25) is 0 Å². The predicted octanol–water partition coefficient (Wildman–Crippen LogP) is 3.56. The van der Waals surface area contributed by atoms with Crippen LogP contribution < -0.4 is 15.1 Å². The number of carbonyl (C=O) groups is 1. The Morgan fingerprint density at radius 2 is 1.74 bits per heavy atom. The quantitative estimate of drug-likeness (QED) is 0.540. The lowest BCUT2D eigenvalue weighted by Crippen LogP contribution is -2.33. The molecule has 2 unspecified atom stereocenters. The summed E-state index contributed by atoms with van der Waals surface area (Å²) in [5, 5.41) is 2.19. The van der Waals surface area contributed by atoms with Gasteiger partial charge in [-0.15, -0.1) is 0 Å². The number of hydrogen-bond acceptors (Lipinski definition) is 6. The maximum absolute atomic E-state index is 14.1. The average Bonchev–Trinajstić information content (AvgIpc) is 2.49. The molecular weight excluding hydrogens is 408 g/mol. The van der Waals surface area contributed by atoms with Crippen molar-refractivity contribution in [2.75, 3.05) is 17.9 Å². The molecule has 2 atom stereocenters. The maximum atomic E-state index is 14.1. The average molecular weight is 437 g/mol. The van der Waals surface area contributed by atoms with Crippen molar-refractivity contribution in [2.24, 2.45) is 5.41 Å². The fourth-order valence-corrected chi connectivity index (χ4v) is 6.01. The maximum Gasteiger partial charge on any atom is 0.264 e. The zero-order valence-corrected chi connectivity index (χ0v) is 19.7. The van der Waals surface area contributed by atoms with Crippen molar-refractivity contribution in [3.8, 4) is 5.75 Å². The van der Waals surface area contributed by atoms with Gasteiger partial charge in [0.15, 0.2) is 7.14 Å². The van der Waals surface area contributed by atoms with E-state index in [0.717, 1.165) is 6.26 Å². The van der Waals surface area contributed by atoms with Gasteiger partial charge in [-0.05, 0) is 12.1 Å². The van der Waals surface area contributed by atoms with Crippen LogP contribution in [0, 0.1) is 5.41 Å². The van der Waals surface area contributed by atoms with Gasteiger partial charge in [-0.3, -0.25) is 8.98 Å². The molecule has 1 rings (SSSR count). The van der Waals surface area contributed by atoms with Crippen molar-refractivity contribution in [3.05, 3.63) is 18.2 Å². The van der Waals surface area contributed by atoms with Crippen LogP contribution in [-0.4, -0.2) is 32.1 Å². The van der Waals surface area contributed by atoms with E-state index in [-0.39, 0.29) is 17.0 Å². The fraction of sp³-hybridized carbons (Fsp3) is 0.588. The molecule has 0 radical (unpaired) electrons. The van der Waals surface area contributed by atoms with E-state index < -0.39 is 34.2 Å². The summed E-state index contributed by atoms with van der Waals surface area (Å²) in [6.45, 7) is 10.5. The zero-order valence-electron chi connectivity index (χ0n) is 16.8. The van der Waals surface area contributed by atoms with Crippen molar-refractivity contribution >= 4 is 43.6 Å². The number of benzene rings is 1. The molecule has 1 amide bonds. The summed E-state index contributed by atoms with van der Waals surface area (Å²) in [6.07, 6.45) is 0.374. The minimum Gasteiger partial charge on any atom is -0.479 e. The van der Waals surface area contributed by atoms with Crippen LogP contribution in [0.25, 0.3) is 0 Å². The summed E-state index contributed by atoms with van der Waals surface area (Å²) in [4.78, 5) is 12.5. The molecule has 10 heteroatoms. The minimum atomic E-state index is -3.81. The molecule has 154 valence electrons. The second-order valence-electron chi connectivity index (χ2n) is 8.34. The van der Waals surface area contributed by atoms with E-state index in [1.807, 2.05) is 0 Å². The summed E-state index contributed by atoms with van der Waals surface area (Å²) in [5.74, 6) is -0.00350. The van der Waals surface area contributed by atoms with E-state index >= 15 is 0 Å². The highest BCUT2D eigenvalue weighted by atomic mass is 32.2. The van der Waals surface area contributed by atoms with Crippen LogP contribution in [-0.2, 0) is 23.7 Å². The van der Waals surface area contributed by atoms with Crippen molar-refractivity contribution < 1.29 is 26.5 Å². The van der Waals surface area contributed by atoms with Crippen LogP contribution in [0.3, 0.4) is 0 Å². The van der Waals surface area contributed by atoms with Crippen LogP contribution in [0.15, 0.2) is 18.2 Å². The lowest BCUT2D eigenvalue weighted by Gasteiger charge is -2.33. The second kappa shape index (κ2) is 8.20. The first-order valence-corrected chi connectivity index (χ1v) is 12.5. The first-order valence-electron chi connectivity index (χ1n) is 8.28. The van der Waals surface area contributed by atoms with E-state index in [9.17, 15) is 17.8 Å². The summed E-state index contributed by atoms with van der Waals surface area (Å²) in [5.41, 5.74) is -0.366. The third kappa shape index (κ3) is 6.02. The van der Waals surface area contributed by atoms with Gasteiger partial charge in [0.2, 0.25) is 5.91 Å². The third-order valence-electron chi connectivity index (χ3n) is 3.95. The van der Waals surface area contributed by atoms with Crippen LogP contribution in [0.5, 0.6) is 5.75 Å². The van der Waals surface area contributed by atoms with E-state index in [0.29, 0.717) is 5.69 Å². The van der Waals surface area contributed by atoms with Gasteiger partial charge in [0.1, 0.15) is 12.1 Å². The Kier molecular flexibility index (Phi) is 7.32. The van der Waals surface area contributed by atoms with E-state index in [1.165, 1.54) is 0 Å². The van der Waals surface area contributed by atoms with E-state index in [4.69, 9.17) is 8.71 Å². The number of nitrogens with one attached hydrogen (secondary N) is 1. The SMILES string of the molecule is CC(C)(C)C(=O)Nc1cccc(OP)c1P(=O)(COS(C)(=O)=O)C(C)(C)C. The molecule has 1 N–H and O–H groups in total. The van der Waals surface area contributed by atoms with Crippen molar-refractivity contribution in [3.63, 3.8) is 0 Å². The van der Waals surface area contributed by atoms with Crippen molar-refractivity contribution in [2.45, 2.75) is 46.7 Å². The highest BCUT2D eigenvalue weighted by Crippen LogP contribution is 2.60. The molecule has 0 aliphatic heterocycles. The van der Waals surface area contributed by atoms with Gasteiger partial charge in [0.05, 0.1) is 26.7 Å². The second-order valence-corrected chi connectivity index (χ2v) is 13.7. The Morgan fingerprint density at radius 1 is 1.19 bits per heavy atom. The van der Waals surface area contributed by atoms with Gasteiger partial charge < -0.3 is 14.4 Å². The molecule has 7 nitrogen and oxygen atoms in total. The molecule has 1 aromatic rings. The number of carbonyl (C=O) groups excluding carboxylic acids is 1. The smallest absolute Gasteiger partial charge is 0.264 e. The Bertz CT molecular complexity index is 853. The number of hydrogen-bond donors (Lipinski definition) is 1. The summed E-state index contributed by atoms with van der Waals surface area (Å²) in [6, 6.07) is 4.88. The Labute approximate surface area is 164 Å². The third-order valence-corrected chi connectivity index (χ3v) is 8.77. The topological polar surface area (TPSA) is 98.8 Å². The van der Waals surface area contributed by atoms with E-state index in [2.05, 4.69) is 14.8 Å². The first-order chi connectivity index (χ1) is 12.0. The Hall–Kier alpha value is -0.940. The standard InChI is InChI=1S/C17H29NO6P2S/c1-16(2,3)15(19)18-12-9-8-10-13(24-25)14(12)26(20,17(4,5)6)11-23-27(7,21)22/h8-10H,11,25H2,1-7H3,(H,18,19). The molecule has 0 aliphatic carbocycles. The Morgan fingerprint density at radius 3 is 2.15 bits per heavy atom. The number of amides is 1. The van der Waals surface area contributed by atoms with Gasteiger partial charge in [-0.1, -0.05) is 47.6 Å². The zero-order chi connectivity index (χ0) is 21.3. The molecule has 0 saturated carbocycles. The highest BCUT2D eigenvalue weighted by Gasteiger charge is 2.43. The van der Waals surface area contributed by atoms with Gasteiger partial charge in [-0.2, -0.15) is 8.42 Å². The Balaban J connectivity index is 3.66. The van der Waals surface area contributed by atoms with Gasteiger partial charge in [0, 0.05) is 10.6 Å². The summed E-state index contributed by atoms with van der Waals surface area (Å²) in [7, 11) is -5.23. The first kappa shape index (κ1) is 24.1. The fourth-order valence-electron chi connectivity index (χ4n) is 2.16. The highest BCUT2D eigenvalue weighted by molar-refractivity contribution is 7.86. The molecule has 0 spiro atoms. The van der Waals surface area contributed by atoms with Gasteiger partial charge in [-0.25, -0.2) is 0 Å². The molecular formula is C17H29NO6P2S. The van der Waals surface area contributed by atoms with Crippen LogP contribution >= 0.6 is 16.6 Å².